The van der Waals surface area contributed by atoms with Gasteiger partial charge < -0.3 is 9.58 Å². The topological polar surface area (TPSA) is 17.5 Å². The van der Waals surface area contributed by atoms with E-state index in [0.717, 1.165) is 33.5 Å². The Bertz CT molecular complexity index is 1360. The maximum absolute atomic E-state index is 7.46. The van der Waals surface area contributed by atoms with E-state index in [2.05, 4.69) is 78.1 Å². The molecule has 4 aromatic rings. The van der Waals surface area contributed by atoms with Crippen LogP contribution in [0.15, 0.2) is 54.7 Å². The SMILES string of the molecule is [C-]#[N+]C(C)(C)Cc1ccc2c[n+](C)c3c(c2c1)Oc1cccc2ccc(C)c-3c12. The quantitative estimate of drug-likeness (QED) is 0.266. The summed E-state index contributed by atoms with van der Waals surface area (Å²) in [4.78, 5) is 3.78. The van der Waals surface area contributed by atoms with Crippen molar-refractivity contribution in [1.82, 2.24) is 0 Å². The molecule has 3 aromatic carbocycles. The Morgan fingerprint density at radius 3 is 2.66 bits per heavy atom. The first-order chi connectivity index (χ1) is 13.9. The van der Waals surface area contributed by atoms with Crippen molar-refractivity contribution in [2.75, 3.05) is 0 Å². The number of nitrogens with zero attached hydrogens (tertiary/aromatic N) is 2. The minimum absolute atomic E-state index is 0.414. The summed E-state index contributed by atoms with van der Waals surface area (Å²) in [5.74, 6) is 1.81. The molecule has 0 spiro atoms. The molecule has 2 heterocycles. The number of ether oxygens (including phenoxy) is 1. The molecule has 142 valence electrons. The van der Waals surface area contributed by atoms with Gasteiger partial charge in [0.1, 0.15) is 12.8 Å². The molecule has 0 atom stereocenters. The van der Waals surface area contributed by atoms with Gasteiger partial charge in [0, 0.05) is 30.0 Å². The van der Waals surface area contributed by atoms with Crippen molar-refractivity contribution < 1.29 is 9.30 Å². The second kappa shape index (κ2) is 6.06. The van der Waals surface area contributed by atoms with Crippen molar-refractivity contribution in [3.8, 4) is 22.8 Å². The van der Waals surface area contributed by atoms with E-state index in [1.807, 2.05) is 13.8 Å². The molecule has 0 bridgehead atoms. The molecule has 1 aliphatic heterocycles. The van der Waals surface area contributed by atoms with Crippen molar-refractivity contribution in [3.05, 3.63) is 77.3 Å². The van der Waals surface area contributed by atoms with Gasteiger partial charge in [-0.2, -0.15) is 4.57 Å². The predicted molar refractivity (Wildman–Crippen MR) is 117 cm³/mol. The number of benzene rings is 3. The third-order valence-corrected chi connectivity index (χ3v) is 5.87. The van der Waals surface area contributed by atoms with Crippen LogP contribution in [-0.2, 0) is 13.5 Å². The van der Waals surface area contributed by atoms with Crippen molar-refractivity contribution in [2.45, 2.75) is 32.7 Å². The van der Waals surface area contributed by atoms with E-state index in [1.54, 1.807) is 0 Å². The lowest BCUT2D eigenvalue weighted by molar-refractivity contribution is -0.659. The third-order valence-electron chi connectivity index (χ3n) is 5.87. The van der Waals surface area contributed by atoms with Crippen LogP contribution in [0.2, 0.25) is 0 Å². The van der Waals surface area contributed by atoms with Crippen molar-refractivity contribution in [2.24, 2.45) is 7.05 Å². The molecule has 1 aromatic heterocycles. The highest BCUT2D eigenvalue weighted by atomic mass is 16.5. The summed E-state index contributed by atoms with van der Waals surface area (Å²) in [5, 5.41) is 4.61. The van der Waals surface area contributed by atoms with E-state index in [-0.39, 0.29) is 0 Å². The van der Waals surface area contributed by atoms with Gasteiger partial charge in [0.2, 0.25) is 11.3 Å². The third kappa shape index (κ3) is 2.68. The second-order valence-corrected chi connectivity index (χ2v) is 8.65. The van der Waals surface area contributed by atoms with Crippen LogP contribution in [0.4, 0.5) is 0 Å². The largest absolute Gasteiger partial charge is 0.449 e. The maximum Gasteiger partial charge on any atom is 0.257 e. The fourth-order valence-electron chi connectivity index (χ4n) is 4.47. The van der Waals surface area contributed by atoms with Crippen LogP contribution < -0.4 is 9.30 Å². The number of rotatable bonds is 2. The van der Waals surface area contributed by atoms with Gasteiger partial charge in [-0.25, -0.2) is 6.57 Å². The average molecular weight is 379 g/mol. The number of fused-ring (bicyclic) bond motifs is 4. The van der Waals surface area contributed by atoms with Gasteiger partial charge in [0.05, 0.1) is 12.0 Å². The summed E-state index contributed by atoms with van der Waals surface area (Å²) >= 11 is 0. The van der Waals surface area contributed by atoms with Crippen molar-refractivity contribution >= 4 is 21.5 Å². The van der Waals surface area contributed by atoms with Crippen molar-refractivity contribution in [1.29, 1.82) is 0 Å². The normalized spacial score (nSPS) is 12.5. The standard InChI is InChI=1S/C26H23N2O/c1-16-9-11-18-7-6-8-21-23(18)22(16)24-25(29-21)20-13-17(14-26(2,3)27-4)10-12-19(20)15-28(24)5/h6-13,15H,14H2,1-3,5H3/q+1. The number of aromatic nitrogens is 1. The molecule has 0 aliphatic carbocycles. The molecular formula is C26H23N2O+. The highest BCUT2D eigenvalue weighted by molar-refractivity contribution is 6.06. The highest BCUT2D eigenvalue weighted by Crippen LogP contribution is 2.48. The van der Waals surface area contributed by atoms with Gasteiger partial charge in [-0.1, -0.05) is 30.3 Å². The Morgan fingerprint density at radius 1 is 1.07 bits per heavy atom. The van der Waals surface area contributed by atoms with Crippen LogP contribution in [-0.4, -0.2) is 5.54 Å². The zero-order chi connectivity index (χ0) is 20.3. The highest BCUT2D eigenvalue weighted by Gasteiger charge is 2.31. The molecule has 29 heavy (non-hydrogen) atoms. The lowest BCUT2D eigenvalue weighted by Gasteiger charge is -2.22. The van der Waals surface area contributed by atoms with Gasteiger partial charge in [-0.05, 0) is 41.6 Å². The Morgan fingerprint density at radius 2 is 1.86 bits per heavy atom. The Labute approximate surface area is 171 Å². The van der Waals surface area contributed by atoms with Gasteiger partial charge in [0.25, 0.3) is 5.69 Å². The van der Waals surface area contributed by atoms with Gasteiger partial charge >= 0.3 is 0 Å². The zero-order valence-electron chi connectivity index (χ0n) is 17.2. The molecule has 5 rings (SSSR count). The number of hydrogen-bond acceptors (Lipinski definition) is 1. The first kappa shape index (κ1) is 17.7. The smallest absolute Gasteiger partial charge is 0.257 e. The number of aryl methyl sites for hydroxylation is 2. The van der Waals surface area contributed by atoms with Crippen LogP contribution in [0, 0.1) is 13.5 Å². The van der Waals surface area contributed by atoms with Crippen LogP contribution in [0.3, 0.4) is 0 Å². The molecule has 0 saturated carbocycles. The molecule has 0 unspecified atom stereocenters. The molecule has 0 saturated heterocycles. The summed E-state index contributed by atoms with van der Waals surface area (Å²) in [6, 6.07) is 17.1. The summed E-state index contributed by atoms with van der Waals surface area (Å²) in [6.45, 7) is 13.6. The second-order valence-electron chi connectivity index (χ2n) is 8.65. The van der Waals surface area contributed by atoms with Crippen LogP contribution in [0.25, 0.3) is 37.6 Å². The molecule has 0 radical (unpaired) electrons. The average Bonchev–Trinajstić information content (AvgIpc) is 2.70. The molecule has 0 amide bonds. The van der Waals surface area contributed by atoms with Crippen LogP contribution in [0.1, 0.15) is 25.0 Å². The zero-order valence-corrected chi connectivity index (χ0v) is 17.2. The van der Waals surface area contributed by atoms with Gasteiger partial charge in [-0.3, -0.25) is 0 Å². The number of hydrogen-bond donors (Lipinski definition) is 0. The molecular weight excluding hydrogens is 356 g/mol. The molecule has 0 fully saturated rings. The molecule has 3 nitrogen and oxygen atoms in total. The Kier molecular flexibility index (Phi) is 3.70. The van der Waals surface area contributed by atoms with E-state index in [0.29, 0.717) is 6.42 Å². The van der Waals surface area contributed by atoms with E-state index >= 15 is 0 Å². The lowest BCUT2D eigenvalue weighted by Crippen LogP contribution is -2.32. The minimum Gasteiger partial charge on any atom is -0.449 e. The van der Waals surface area contributed by atoms with E-state index < -0.39 is 5.54 Å². The summed E-state index contributed by atoms with van der Waals surface area (Å²) in [5.41, 5.74) is 4.35. The molecule has 0 N–H and O–H groups in total. The summed E-state index contributed by atoms with van der Waals surface area (Å²) in [7, 11) is 2.09. The fraction of sp³-hybridized carbons (Fsp3) is 0.231. The van der Waals surface area contributed by atoms with E-state index in [4.69, 9.17) is 11.3 Å². The Balaban J connectivity index is 1.83. The van der Waals surface area contributed by atoms with E-state index in [9.17, 15) is 0 Å². The van der Waals surface area contributed by atoms with Gasteiger partial charge in [0.15, 0.2) is 6.20 Å². The monoisotopic (exact) mass is 379 g/mol. The fourth-order valence-corrected chi connectivity index (χ4v) is 4.47. The predicted octanol–water partition coefficient (Wildman–Crippen LogP) is 6.14. The first-order valence-corrected chi connectivity index (χ1v) is 9.92. The maximum atomic E-state index is 7.46. The van der Waals surface area contributed by atoms with Crippen LogP contribution >= 0.6 is 0 Å². The lowest BCUT2D eigenvalue weighted by atomic mass is 9.91. The summed E-state index contributed by atoms with van der Waals surface area (Å²) in [6.07, 6.45) is 2.89. The van der Waals surface area contributed by atoms with E-state index in [1.165, 1.54) is 21.9 Å². The molecule has 1 aliphatic rings. The summed E-state index contributed by atoms with van der Waals surface area (Å²) < 4.78 is 8.71. The number of pyridine rings is 1. The minimum atomic E-state index is -0.414. The molecule has 3 heteroatoms. The van der Waals surface area contributed by atoms with Crippen LogP contribution in [0.5, 0.6) is 11.5 Å². The van der Waals surface area contributed by atoms with Crippen molar-refractivity contribution in [3.63, 3.8) is 0 Å². The first-order valence-electron chi connectivity index (χ1n) is 9.92. The van der Waals surface area contributed by atoms with Gasteiger partial charge in [-0.15, -0.1) is 0 Å². The Hall–Kier alpha value is -3.38.